The molecule has 8 amide bonds. The Hall–Kier alpha value is -11.9. The lowest BCUT2D eigenvalue weighted by Crippen LogP contribution is -2.66. The number of aromatic hydroxyl groups is 4. The van der Waals surface area contributed by atoms with Gasteiger partial charge in [0, 0.05) is 48.2 Å². The van der Waals surface area contributed by atoms with E-state index in [9.17, 15) is 75.7 Å². The molecule has 2 unspecified atom stereocenters. The Morgan fingerprint density at radius 1 is 0.547 bits per heavy atom. The molecule has 18 atom stereocenters. The van der Waals surface area contributed by atoms with Crippen molar-refractivity contribution in [1.82, 2.24) is 52.8 Å². The van der Waals surface area contributed by atoms with Crippen LogP contribution in [0.25, 0.3) is 11.1 Å². The molecule has 0 aliphatic carbocycles. The van der Waals surface area contributed by atoms with Gasteiger partial charge in [0.2, 0.25) is 65.6 Å². The number of carbonyl (C=O) groups excluding carboxylic acids is 8. The number of phenols is 4. The number of carboxylic acid groups (broad SMARTS) is 1. The number of ether oxygens (including phenoxy) is 7. The summed E-state index contributed by atoms with van der Waals surface area (Å²) in [6, 6.07) is 5.70. The average Bonchev–Trinajstić information content (AvgIpc) is 0.755. The van der Waals surface area contributed by atoms with Crippen LogP contribution in [0.5, 0.6) is 69.0 Å². The van der Waals surface area contributed by atoms with Crippen molar-refractivity contribution in [3.63, 3.8) is 0 Å². The molecule has 8 aliphatic rings. The molecular formula is C88H100Cl2N10O28. The Morgan fingerprint density at radius 2 is 1.19 bits per heavy atom. The Morgan fingerprint density at radius 3 is 1.88 bits per heavy atom. The van der Waals surface area contributed by atoms with Gasteiger partial charge in [-0.3, -0.25) is 38.4 Å². The highest BCUT2D eigenvalue weighted by Gasteiger charge is 2.52. The van der Waals surface area contributed by atoms with E-state index in [1.807, 2.05) is 0 Å². The number of aliphatic hydroxyl groups is 7. The van der Waals surface area contributed by atoms with E-state index in [4.69, 9.17) is 56.4 Å². The third kappa shape index (κ3) is 21.1. The highest BCUT2D eigenvalue weighted by molar-refractivity contribution is 6.33. The van der Waals surface area contributed by atoms with Crippen molar-refractivity contribution in [2.75, 3.05) is 40.8 Å². The Kier molecular flexibility index (Phi) is 30.1. The summed E-state index contributed by atoms with van der Waals surface area (Å²) in [6.45, 7) is 1.46. The SMILES string of the molecule is CCCCCCCCCCCC(=O)N[C@H]1[C@H](Oc2c3cc4cc2Oc2ccc(cc2Cl)[C@@H](O)[C@@H]2NC(=O)[C@H](NC(=O)[C@@H]4NC(=O)C4NC(=O)[C@@H](Cc5ccc(cc5)O3)NC(=O)[C@@H](NC)c3ccc(O)c(c3)Oc3cc(O)c(Cl)c4c3)c3ccc(O)c(c3)-c3c(O[C@H]4O[C@H](CO)[C@@H](O)[C@H](O)[C@@H]4O)cc(O)cc3C(C(=O)NCCCN(C)C)NC2=O)O[C@H](C(=O)O)[C@@H](O)[C@@H]1O. The number of fused-ring (bicyclic) bond motifs is 14. The molecule has 128 heavy (non-hydrogen) atoms. The second kappa shape index (κ2) is 41.0. The molecule has 2 fully saturated rings. The monoisotopic (exact) mass is 1810 g/mol. The lowest BCUT2D eigenvalue weighted by Gasteiger charge is -2.41. The molecule has 0 radical (unpaired) electrons. The molecular weight excluding hydrogens is 1720 g/mol. The van der Waals surface area contributed by atoms with Crippen molar-refractivity contribution < 1.29 is 138 Å². The fraction of sp³-hybridized carbons (Fsp3) is 0.420. The summed E-state index contributed by atoms with van der Waals surface area (Å²) in [5, 5.41) is 161. The number of likely N-dealkylation sites (N-methyl/N-ethyl adjacent to an activating group) is 1. The van der Waals surface area contributed by atoms with Gasteiger partial charge in [-0.05, 0) is 147 Å². The molecule has 15 rings (SSSR count). The predicted molar refractivity (Wildman–Crippen MR) is 452 cm³/mol. The zero-order valence-corrected chi connectivity index (χ0v) is 71.1. The maximum Gasteiger partial charge on any atom is 0.335 e. The van der Waals surface area contributed by atoms with Crippen LogP contribution in [0.2, 0.25) is 10.0 Å². The first-order valence-electron chi connectivity index (χ1n) is 41.6. The molecule has 40 heteroatoms. The fourth-order valence-electron chi connectivity index (χ4n) is 16.0. The van der Waals surface area contributed by atoms with Gasteiger partial charge in [-0.25, -0.2) is 4.79 Å². The standard InChI is InChI=1S/C88H100Cl2N10O28/c1-5-6-7-8-9-10-11-12-13-15-61(106)94-70-73(109)75(111)78(86(120)121)128-87(70)127-77-58-32-43-33-59(77)124-55-25-20-42(30-50(55)89)71(107)69-85(119)98-67(80(114)92-26-14-27-100(3)4)48-34-44(102)35-57(125-88-76(112)74(110)72(108)60(38-101)126-88)62(48)47-29-40(18-23-52(47)103)65(82(116)99-69)95-83(117)66(43)96-84(118)68-49-36-46(37-54(105)63(49)90)123-56-31-41(19-24-53(56)104)64(91-2)81(115)93-51(79(113)97-68)28-39-16-21-45(122-58)22-17-39/h16-25,29-37,51,60,64-76,78,87-88,91,101-105,107-112H,5-15,26-28,38H2,1-4H3,(H,92,114)(H,93,115)(H,94,106)(H,95,117)(H,96,118)(H,97,113)(H,98,119)(H,99,116)(H,120,121)/t51-,60-,64+,65-,66-,67?,68?,69+,70-,71-,72-,73-,74+,75+,76+,78+,87-,88+/m1/s1. The van der Waals surface area contributed by atoms with Crippen LogP contribution in [0.15, 0.2) is 115 Å². The lowest BCUT2D eigenvalue weighted by molar-refractivity contribution is -0.277. The molecule has 21 N–H and O–H groups in total. The predicted octanol–water partition coefficient (Wildman–Crippen LogP) is 4.31. The largest absolute Gasteiger partial charge is 0.508 e. The number of amides is 8. The summed E-state index contributed by atoms with van der Waals surface area (Å²) in [6.07, 6.45) is -13.5. The number of nitrogens with one attached hydrogen (secondary N) is 9. The van der Waals surface area contributed by atoms with Crippen LogP contribution in [0, 0.1) is 0 Å². The van der Waals surface area contributed by atoms with Crippen LogP contribution >= 0.6 is 23.2 Å². The van der Waals surface area contributed by atoms with E-state index in [1.165, 1.54) is 49.5 Å². The van der Waals surface area contributed by atoms with E-state index in [2.05, 4.69) is 54.8 Å². The first-order valence-corrected chi connectivity index (χ1v) is 42.4. The normalized spacial score (nSPS) is 25.8. The minimum absolute atomic E-state index is 0.0939. The van der Waals surface area contributed by atoms with Crippen molar-refractivity contribution in [3.8, 4) is 80.1 Å². The minimum Gasteiger partial charge on any atom is -0.508 e. The van der Waals surface area contributed by atoms with Gasteiger partial charge in [-0.15, -0.1) is 0 Å². The van der Waals surface area contributed by atoms with Crippen LogP contribution in [-0.4, -0.2) is 234 Å². The maximum atomic E-state index is 16.8. The van der Waals surface area contributed by atoms with E-state index in [0.29, 0.717) is 24.9 Å². The number of unbranched alkanes of at least 4 members (excludes halogenated alkanes) is 8. The molecule has 0 aromatic heterocycles. The summed E-state index contributed by atoms with van der Waals surface area (Å²) < 4.78 is 44.5. The Balaban J connectivity index is 1.04. The van der Waals surface area contributed by atoms with E-state index in [1.54, 1.807) is 19.0 Å². The quantitative estimate of drug-likeness (QED) is 0.0397. The van der Waals surface area contributed by atoms with Crippen molar-refractivity contribution in [2.24, 2.45) is 0 Å². The van der Waals surface area contributed by atoms with Crippen LogP contribution in [0.3, 0.4) is 0 Å². The number of carbonyl (C=O) groups is 9. The van der Waals surface area contributed by atoms with Crippen molar-refractivity contribution in [3.05, 3.63) is 164 Å². The number of aliphatic carboxylic acids is 1. The molecule has 38 nitrogen and oxygen atoms in total. The van der Waals surface area contributed by atoms with Crippen LogP contribution in [-0.2, 0) is 59.0 Å². The molecule has 7 aromatic rings. The van der Waals surface area contributed by atoms with Crippen molar-refractivity contribution in [1.29, 1.82) is 0 Å². The number of halogens is 2. The number of hydrogen-bond acceptors (Lipinski definition) is 29. The summed E-state index contributed by atoms with van der Waals surface area (Å²) in [4.78, 5) is 140. The number of phenolic OH excluding ortho intramolecular Hbond substituents is 4. The molecule has 0 saturated carbocycles. The first-order chi connectivity index (χ1) is 61.2. The van der Waals surface area contributed by atoms with Gasteiger partial charge >= 0.3 is 5.97 Å². The van der Waals surface area contributed by atoms with Gasteiger partial charge < -0.3 is 147 Å². The Bertz CT molecular complexity index is 5320. The summed E-state index contributed by atoms with van der Waals surface area (Å²) in [5.74, 6) is -18.0. The van der Waals surface area contributed by atoms with E-state index >= 15 is 28.8 Å². The topological polar surface area (TPSA) is 573 Å². The van der Waals surface area contributed by atoms with Gasteiger partial charge in [0.05, 0.1) is 16.7 Å². The summed E-state index contributed by atoms with van der Waals surface area (Å²) in [7, 11) is 4.95. The second-order valence-electron chi connectivity index (χ2n) is 32.2. The molecule has 17 bridgehead atoms. The molecule has 0 spiro atoms. The maximum absolute atomic E-state index is 16.8. The van der Waals surface area contributed by atoms with Crippen molar-refractivity contribution >= 4 is 76.4 Å². The van der Waals surface area contributed by atoms with Gasteiger partial charge in [0.15, 0.2) is 29.1 Å². The molecule has 8 aliphatic heterocycles. The second-order valence-corrected chi connectivity index (χ2v) is 33.0. The molecule has 8 heterocycles. The highest BCUT2D eigenvalue weighted by Crippen LogP contribution is 2.51. The van der Waals surface area contributed by atoms with E-state index in [0.717, 1.165) is 118 Å². The smallest absolute Gasteiger partial charge is 0.335 e. The number of rotatable bonds is 23. The lowest BCUT2D eigenvalue weighted by atomic mass is 9.89. The van der Waals surface area contributed by atoms with Gasteiger partial charge in [-0.1, -0.05) is 112 Å². The number of nitrogens with zero attached hydrogens (tertiary/aromatic N) is 1. The average molecular weight is 1820 g/mol. The zero-order valence-electron chi connectivity index (χ0n) is 69.6. The van der Waals surface area contributed by atoms with Crippen LogP contribution in [0.1, 0.15) is 153 Å². The van der Waals surface area contributed by atoms with Crippen molar-refractivity contribution in [2.45, 2.75) is 194 Å². The number of aliphatic hydroxyl groups excluding tert-OH is 7. The zero-order chi connectivity index (χ0) is 91.8. The third-order valence-electron chi connectivity index (χ3n) is 22.8. The first kappa shape index (κ1) is 93.7. The molecule has 7 aromatic carbocycles. The number of benzene rings is 7. The van der Waals surface area contributed by atoms with E-state index < -0.39 is 271 Å². The number of hydrogen-bond donors (Lipinski definition) is 21. The van der Waals surface area contributed by atoms with Crippen LogP contribution in [0.4, 0.5) is 0 Å². The Labute approximate surface area is 742 Å². The van der Waals surface area contributed by atoms with Crippen LogP contribution < -0.4 is 71.5 Å². The van der Waals surface area contributed by atoms with Gasteiger partial charge in [0.25, 0.3) is 0 Å². The fourth-order valence-corrected chi connectivity index (χ4v) is 16.4. The number of carboxylic acids is 1. The minimum atomic E-state index is -2.45. The summed E-state index contributed by atoms with van der Waals surface area (Å²) in [5.41, 5.74) is -2.67. The summed E-state index contributed by atoms with van der Waals surface area (Å²) >= 11 is 14.3. The molecule has 684 valence electrons. The highest BCUT2D eigenvalue weighted by atomic mass is 35.5. The van der Waals surface area contributed by atoms with Gasteiger partial charge in [0.1, 0.15) is 131 Å². The third-order valence-corrected chi connectivity index (χ3v) is 23.5. The van der Waals surface area contributed by atoms with Gasteiger partial charge in [-0.2, -0.15) is 0 Å². The van der Waals surface area contributed by atoms with E-state index in [-0.39, 0.29) is 47.8 Å². The molecule has 2 saturated heterocycles.